The van der Waals surface area contributed by atoms with Crippen molar-refractivity contribution in [3.63, 3.8) is 0 Å². The third-order valence-corrected chi connectivity index (χ3v) is 4.25. The summed E-state index contributed by atoms with van der Waals surface area (Å²) in [5.41, 5.74) is 0. The second-order valence-electron chi connectivity index (χ2n) is 3.81. The molecule has 0 saturated heterocycles. The molecule has 0 amide bonds. The first-order valence-electron chi connectivity index (χ1n) is 5.74. The highest BCUT2D eigenvalue weighted by Gasteiger charge is 2.28. The molecule has 0 aliphatic rings. The molecule has 0 saturated carbocycles. The Morgan fingerprint density at radius 2 is 1.80 bits per heavy atom. The third-order valence-electron chi connectivity index (χ3n) is 2.48. The molecule has 1 aromatic heterocycles. The molecular weight excluding hydrogens is 290 g/mol. The van der Waals surface area contributed by atoms with Crippen molar-refractivity contribution < 1.29 is 32.2 Å². The van der Waals surface area contributed by atoms with E-state index in [4.69, 9.17) is 19.0 Å². The fourth-order valence-electron chi connectivity index (χ4n) is 1.44. The number of hydrogen-bond acceptors (Lipinski definition) is 6. The monoisotopic (exact) mass is 307 g/mol. The van der Waals surface area contributed by atoms with Crippen LogP contribution in [0.15, 0.2) is 21.6 Å². The number of nitrogens with zero attached hydrogens (tertiary/aromatic N) is 1. The van der Waals surface area contributed by atoms with Crippen LogP contribution in [-0.4, -0.2) is 64.3 Å². The predicted molar refractivity (Wildman–Crippen MR) is 68.2 cm³/mol. The van der Waals surface area contributed by atoms with Crippen molar-refractivity contribution in [3.05, 3.63) is 17.9 Å². The van der Waals surface area contributed by atoms with Gasteiger partial charge in [0.2, 0.25) is 10.9 Å². The Morgan fingerprint density at radius 1 is 1.25 bits per heavy atom. The van der Waals surface area contributed by atoms with Crippen molar-refractivity contribution in [1.82, 2.24) is 4.31 Å². The number of carbonyl (C=O) groups is 1. The van der Waals surface area contributed by atoms with E-state index in [2.05, 4.69) is 0 Å². The van der Waals surface area contributed by atoms with E-state index in [1.807, 2.05) is 0 Å². The normalized spacial score (nSPS) is 11.9. The van der Waals surface area contributed by atoms with E-state index >= 15 is 0 Å². The summed E-state index contributed by atoms with van der Waals surface area (Å²) in [7, 11) is -1.01. The molecule has 1 N–H and O–H groups in total. The smallest absolute Gasteiger partial charge is 0.371 e. The van der Waals surface area contributed by atoms with Gasteiger partial charge in [-0.05, 0) is 12.1 Å². The summed E-state index contributed by atoms with van der Waals surface area (Å²) in [4.78, 5) is 10.7. The number of rotatable bonds is 9. The second-order valence-corrected chi connectivity index (χ2v) is 5.68. The fraction of sp³-hybridized carbons (Fsp3) is 0.545. The van der Waals surface area contributed by atoms with Crippen LogP contribution in [0.5, 0.6) is 0 Å². The van der Waals surface area contributed by atoms with Crippen LogP contribution in [0, 0.1) is 0 Å². The van der Waals surface area contributed by atoms with Crippen LogP contribution in [0.3, 0.4) is 0 Å². The summed E-state index contributed by atoms with van der Waals surface area (Å²) in [5, 5.41) is 8.33. The zero-order valence-corrected chi connectivity index (χ0v) is 12.1. The molecule has 114 valence electrons. The molecule has 0 unspecified atom stereocenters. The number of methoxy groups -OCH3 is 2. The molecule has 8 nitrogen and oxygen atoms in total. The number of ether oxygens (including phenoxy) is 2. The maximum Gasteiger partial charge on any atom is 0.371 e. The number of sulfonamides is 1. The minimum Gasteiger partial charge on any atom is -0.475 e. The SMILES string of the molecule is COCCN(CCOC)S(=O)(=O)c1ccc(C(=O)O)o1. The van der Waals surface area contributed by atoms with Crippen molar-refractivity contribution >= 4 is 16.0 Å². The van der Waals surface area contributed by atoms with E-state index < -0.39 is 26.8 Å². The summed E-state index contributed by atoms with van der Waals surface area (Å²) in [5.74, 6) is -1.76. The van der Waals surface area contributed by atoms with Gasteiger partial charge in [0.05, 0.1) is 13.2 Å². The highest BCUT2D eigenvalue weighted by Crippen LogP contribution is 2.18. The molecule has 1 aromatic rings. The Kier molecular flexibility index (Phi) is 6.14. The molecule has 1 heterocycles. The van der Waals surface area contributed by atoms with Crippen molar-refractivity contribution in [2.45, 2.75) is 5.09 Å². The summed E-state index contributed by atoms with van der Waals surface area (Å²) in [6.45, 7) is 0.640. The van der Waals surface area contributed by atoms with Gasteiger partial charge in [-0.25, -0.2) is 13.2 Å². The molecule has 0 aliphatic carbocycles. The van der Waals surface area contributed by atoms with Crippen molar-refractivity contribution in [3.8, 4) is 0 Å². The van der Waals surface area contributed by atoms with E-state index in [9.17, 15) is 13.2 Å². The quantitative estimate of drug-likeness (QED) is 0.697. The maximum atomic E-state index is 12.3. The molecular formula is C11H17NO7S. The number of aromatic carboxylic acids is 1. The van der Waals surface area contributed by atoms with Crippen LogP contribution in [0.4, 0.5) is 0 Å². The van der Waals surface area contributed by atoms with Crippen molar-refractivity contribution in [2.24, 2.45) is 0 Å². The molecule has 0 aliphatic heterocycles. The molecule has 0 fully saturated rings. The molecule has 0 spiro atoms. The summed E-state index contributed by atoms with van der Waals surface area (Å²) < 4.78 is 40.3. The van der Waals surface area contributed by atoms with E-state index in [0.29, 0.717) is 0 Å². The summed E-state index contributed by atoms with van der Waals surface area (Å²) in [6.07, 6.45) is 0. The molecule has 0 radical (unpaired) electrons. The maximum absolute atomic E-state index is 12.3. The number of furan rings is 1. The highest BCUT2D eigenvalue weighted by molar-refractivity contribution is 7.89. The van der Waals surface area contributed by atoms with Crippen LogP contribution in [0.2, 0.25) is 0 Å². The molecule has 0 atom stereocenters. The van der Waals surface area contributed by atoms with Crippen molar-refractivity contribution in [2.75, 3.05) is 40.5 Å². The van der Waals surface area contributed by atoms with Crippen LogP contribution in [0.25, 0.3) is 0 Å². The molecule has 9 heteroatoms. The average molecular weight is 307 g/mol. The Labute approximate surface area is 116 Å². The van der Waals surface area contributed by atoms with E-state index in [1.165, 1.54) is 14.2 Å². The van der Waals surface area contributed by atoms with Crippen LogP contribution >= 0.6 is 0 Å². The van der Waals surface area contributed by atoms with E-state index in [1.54, 1.807) is 0 Å². The first kappa shape index (κ1) is 16.6. The number of carboxylic acid groups (broad SMARTS) is 1. The zero-order valence-electron chi connectivity index (χ0n) is 11.2. The molecule has 20 heavy (non-hydrogen) atoms. The number of carboxylic acids is 1. The topological polar surface area (TPSA) is 106 Å². The third kappa shape index (κ3) is 4.04. The van der Waals surface area contributed by atoms with Gasteiger partial charge in [-0.2, -0.15) is 4.31 Å². The Morgan fingerprint density at radius 3 is 2.20 bits per heavy atom. The Hall–Kier alpha value is -1.42. The van der Waals surface area contributed by atoms with Gasteiger partial charge in [0.15, 0.2) is 0 Å². The first-order chi connectivity index (χ1) is 9.43. The van der Waals surface area contributed by atoms with Gasteiger partial charge in [-0.15, -0.1) is 0 Å². The Bertz CT molecular complexity index is 529. The van der Waals surface area contributed by atoms with Gasteiger partial charge in [0, 0.05) is 27.3 Å². The lowest BCUT2D eigenvalue weighted by molar-refractivity contribution is 0.0656. The minimum atomic E-state index is -3.91. The predicted octanol–water partition coefficient (Wildman–Crippen LogP) is 0.261. The average Bonchev–Trinajstić information content (AvgIpc) is 2.89. The largest absolute Gasteiger partial charge is 0.475 e. The lowest BCUT2D eigenvalue weighted by atomic mass is 10.5. The van der Waals surface area contributed by atoms with Gasteiger partial charge in [0.25, 0.3) is 10.0 Å². The lowest BCUT2D eigenvalue weighted by Crippen LogP contribution is -2.36. The Balaban J connectivity index is 2.97. The fourth-order valence-corrected chi connectivity index (χ4v) is 2.76. The van der Waals surface area contributed by atoms with E-state index in [-0.39, 0.29) is 26.3 Å². The zero-order chi connectivity index (χ0) is 15.2. The highest BCUT2D eigenvalue weighted by atomic mass is 32.2. The standard InChI is InChI=1S/C11H17NO7S/c1-17-7-5-12(6-8-18-2)20(15,16)10-4-3-9(19-10)11(13)14/h3-4H,5-8H2,1-2H3,(H,13,14). The first-order valence-corrected chi connectivity index (χ1v) is 7.18. The summed E-state index contributed by atoms with van der Waals surface area (Å²) in [6, 6.07) is 2.21. The minimum absolute atomic E-state index is 0.116. The summed E-state index contributed by atoms with van der Waals surface area (Å²) >= 11 is 0. The van der Waals surface area contributed by atoms with E-state index in [0.717, 1.165) is 16.4 Å². The molecule has 0 bridgehead atoms. The van der Waals surface area contributed by atoms with Gasteiger partial charge in [0.1, 0.15) is 0 Å². The molecule has 0 aromatic carbocycles. The van der Waals surface area contributed by atoms with Crippen LogP contribution in [-0.2, 0) is 19.5 Å². The van der Waals surface area contributed by atoms with Gasteiger partial charge in [-0.1, -0.05) is 0 Å². The van der Waals surface area contributed by atoms with Gasteiger partial charge < -0.3 is 19.0 Å². The van der Waals surface area contributed by atoms with Gasteiger partial charge >= 0.3 is 5.97 Å². The van der Waals surface area contributed by atoms with Crippen LogP contribution in [0.1, 0.15) is 10.6 Å². The number of hydrogen-bond donors (Lipinski definition) is 1. The second kappa shape index (κ2) is 7.39. The van der Waals surface area contributed by atoms with Crippen molar-refractivity contribution in [1.29, 1.82) is 0 Å². The van der Waals surface area contributed by atoms with Gasteiger partial charge in [-0.3, -0.25) is 0 Å². The molecule has 1 rings (SSSR count). The van der Waals surface area contributed by atoms with Crippen LogP contribution < -0.4 is 0 Å². The lowest BCUT2D eigenvalue weighted by Gasteiger charge is -2.19.